The Balaban J connectivity index is 0.00000110. The molecule has 1 aliphatic heterocycles. The summed E-state index contributed by atoms with van der Waals surface area (Å²) in [5, 5.41) is 6.47. The Morgan fingerprint density at radius 2 is 1.71 bits per heavy atom. The van der Waals surface area contributed by atoms with Gasteiger partial charge in [-0.05, 0) is 24.0 Å². The fourth-order valence-corrected chi connectivity index (χ4v) is 3.01. The maximum atomic E-state index is 12.0. The van der Waals surface area contributed by atoms with Crippen LogP contribution in [0.2, 0.25) is 0 Å². The molecule has 0 unspecified atom stereocenters. The molecule has 2 N–H and O–H groups in total. The number of fused-ring (bicyclic) bond motifs is 1. The number of piperazine rings is 1. The summed E-state index contributed by atoms with van der Waals surface area (Å²) in [5.74, 6) is 0.166. The molecule has 4 nitrogen and oxygen atoms in total. The smallest absolute Gasteiger partial charge is 0.234 e. The molecule has 1 aromatic carbocycles. The van der Waals surface area contributed by atoms with Crippen molar-refractivity contribution in [2.24, 2.45) is 0 Å². The van der Waals surface area contributed by atoms with Crippen LogP contribution in [0.5, 0.6) is 0 Å². The molecule has 0 bridgehead atoms. The van der Waals surface area contributed by atoms with Crippen LogP contribution in [0.25, 0.3) is 0 Å². The second-order valence-electron chi connectivity index (χ2n) is 5.47. The maximum Gasteiger partial charge on any atom is 0.234 e. The third-order valence-electron chi connectivity index (χ3n) is 3.99. The van der Waals surface area contributed by atoms with Gasteiger partial charge in [-0.1, -0.05) is 24.3 Å². The van der Waals surface area contributed by atoms with Crippen molar-refractivity contribution in [3.8, 4) is 0 Å². The van der Waals surface area contributed by atoms with Gasteiger partial charge in [-0.3, -0.25) is 9.69 Å². The van der Waals surface area contributed by atoms with Crippen LogP contribution in [0.15, 0.2) is 24.3 Å². The molecule has 21 heavy (non-hydrogen) atoms. The Kier molecular flexibility index (Phi) is 7.46. The summed E-state index contributed by atoms with van der Waals surface area (Å²) in [6.07, 6.45) is 1.95. The zero-order chi connectivity index (χ0) is 13.1. The largest absolute Gasteiger partial charge is 0.352 e. The topological polar surface area (TPSA) is 44.4 Å². The first kappa shape index (κ1) is 18.2. The molecule has 0 atom stereocenters. The minimum absolute atomic E-state index is 0. The summed E-state index contributed by atoms with van der Waals surface area (Å²) in [6, 6.07) is 8.76. The predicted molar refractivity (Wildman–Crippen MR) is 89.6 cm³/mol. The lowest BCUT2D eigenvalue weighted by atomic mass is 10.1. The number of nitrogens with zero attached hydrogens (tertiary/aromatic N) is 1. The molecular formula is C15H23Cl2N3O. The van der Waals surface area contributed by atoms with Gasteiger partial charge in [-0.15, -0.1) is 24.8 Å². The van der Waals surface area contributed by atoms with Crippen molar-refractivity contribution in [1.29, 1.82) is 0 Å². The second-order valence-corrected chi connectivity index (χ2v) is 5.47. The van der Waals surface area contributed by atoms with E-state index in [1.54, 1.807) is 0 Å². The standard InChI is InChI=1S/C15H21N3O.2ClH/c19-15(11-18-7-5-16-6-8-18)17-14-9-12-3-1-2-4-13(12)10-14;;/h1-4,14,16H,5-11H2,(H,17,19);2*1H. The Hall–Kier alpha value is -0.810. The quantitative estimate of drug-likeness (QED) is 0.869. The fraction of sp³-hybridized carbons (Fsp3) is 0.533. The van der Waals surface area contributed by atoms with Gasteiger partial charge in [0.15, 0.2) is 0 Å². The first-order valence-electron chi connectivity index (χ1n) is 7.10. The Bertz CT molecular complexity index is 439. The summed E-state index contributed by atoms with van der Waals surface area (Å²) < 4.78 is 0. The van der Waals surface area contributed by atoms with Crippen LogP contribution < -0.4 is 10.6 Å². The molecule has 118 valence electrons. The number of halogens is 2. The van der Waals surface area contributed by atoms with Crippen molar-refractivity contribution in [3.05, 3.63) is 35.4 Å². The van der Waals surface area contributed by atoms with E-state index in [4.69, 9.17) is 0 Å². The lowest BCUT2D eigenvalue weighted by molar-refractivity contribution is -0.123. The number of benzene rings is 1. The van der Waals surface area contributed by atoms with E-state index >= 15 is 0 Å². The lowest BCUT2D eigenvalue weighted by Crippen LogP contribution is -2.49. The van der Waals surface area contributed by atoms with Gasteiger partial charge >= 0.3 is 0 Å². The van der Waals surface area contributed by atoms with Crippen LogP contribution in [0.1, 0.15) is 11.1 Å². The van der Waals surface area contributed by atoms with Gasteiger partial charge in [0, 0.05) is 32.2 Å². The molecular weight excluding hydrogens is 309 g/mol. The molecule has 1 aliphatic carbocycles. The molecule has 0 radical (unpaired) electrons. The molecule has 1 amide bonds. The van der Waals surface area contributed by atoms with Crippen LogP contribution in [-0.4, -0.2) is 49.6 Å². The Labute approximate surface area is 138 Å². The van der Waals surface area contributed by atoms with Gasteiger partial charge in [-0.25, -0.2) is 0 Å². The van der Waals surface area contributed by atoms with E-state index in [1.165, 1.54) is 11.1 Å². The average Bonchev–Trinajstić information content (AvgIpc) is 2.81. The third kappa shape index (κ3) is 4.85. The zero-order valence-corrected chi connectivity index (χ0v) is 13.6. The molecule has 1 saturated heterocycles. The van der Waals surface area contributed by atoms with E-state index < -0.39 is 0 Å². The molecule has 1 fully saturated rings. The number of carbonyl (C=O) groups is 1. The predicted octanol–water partition coefficient (Wildman–Crippen LogP) is 1.02. The zero-order valence-electron chi connectivity index (χ0n) is 12.0. The normalized spacial score (nSPS) is 18.3. The van der Waals surface area contributed by atoms with Gasteiger partial charge < -0.3 is 10.6 Å². The molecule has 3 rings (SSSR count). The minimum Gasteiger partial charge on any atom is -0.352 e. The highest BCUT2D eigenvalue weighted by atomic mass is 35.5. The van der Waals surface area contributed by atoms with E-state index in [-0.39, 0.29) is 36.8 Å². The van der Waals surface area contributed by atoms with Crippen LogP contribution in [0.4, 0.5) is 0 Å². The first-order chi connectivity index (χ1) is 9.31. The molecule has 6 heteroatoms. The van der Waals surface area contributed by atoms with Crippen LogP contribution in [-0.2, 0) is 17.6 Å². The van der Waals surface area contributed by atoms with Gasteiger partial charge in [0.05, 0.1) is 6.54 Å². The molecule has 0 aromatic heterocycles. The highest BCUT2D eigenvalue weighted by molar-refractivity contribution is 5.85. The van der Waals surface area contributed by atoms with Crippen molar-refractivity contribution >= 4 is 30.7 Å². The van der Waals surface area contributed by atoms with E-state index in [0.717, 1.165) is 39.0 Å². The van der Waals surface area contributed by atoms with Gasteiger partial charge in [0.1, 0.15) is 0 Å². The van der Waals surface area contributed by atoms with E-state index in [9.17, 15) is 4.79 Å². The van der Waals surface area contributed by atoms with Gasteiger partial charge in [0.2, 0.25) is 5.91 Å². The number of carbonyl (C=O) groups excluding carboxylic acids is 1. The SMILES string of the molecule is Cl.Cl.O=C(CN1CCNCC1)NC1Cc2ccccc2C1. The summed E-state index contributed by atoms with van der Waals surface area (Å²) in [5.41, 5.74) is 2.77. The minimum atomic E-state index is 0. The van der Waals surface area contributed by atoms with Gasteiger partial charge in [0.25, 0.3) is 0 Å². The van der Waals surface area contributed by atoms with Crippen molar-refractivity contribution in [1.82, 2.24) is 15.5 Å². The van der Waals surface area contributed by atoms with E-state index in [2.05, 4.69) is 39.8 Å². The van der Waals surface area contributed by atoms with Crippen LogP contribution in [0.3, 0.4) is 0 Å². The number of rotatable bonds is 3. The molecule has 0 spiro atoms. The molecule has 0 saturated carbocycles. The number of amides is 1. The average molecular weight is 332 g/mol. The Morgan fingerprint density at radius 1 is 1.14 bits per heavy atom. The molecule has 1 heterocycles. The molecule has 2 aliphatic rings. The Morgan fingerprint density at radius 3 is 2.29 bits per heavy atom. The number of hydrogen-bond donors (Lipinski definition) is 2. The summed E-state index contributed by atoms with van der Waals surface area (Å²) in [4.78, 5) is 14.3. The van der Waals surface area contributed by atoms with Crippen molar-refractivity contribution in [3.63, 3.8) is 0 Å². The van der Waals surface area contributed by atoms with E-state index in [0.29, 0.717) is 6.54 Å². The summed E-state index contributed by atoms with van der Waals surface area (Å²) in [7, 11) is 0. The third-order valence-corrected chi connectivity index (χ3v) is 3.99. The van der Waals surface area contributed by atoms with Crippen LogP contribution in [0, 0.1) is 0 Å². The lowest BCUT2D eigenvalue weighted by Gasteiger charge is -2.27. The van der Waals surface area contributed by atoms with Gasteiger partial charge in [-0.2, -0.15) is 0 Å². The van der Waals surface area contributed by atoms with Crippen molar-refractivity contribution in [2.75, 3.05) is 32.7 Å². The number of hydrogen-bond acceptors (Lipinski definition) is 3. The highest BCUT2D eigenvalue weighted by Gasteiger charge is 2.23. The van der Waals surface area contributed by atoms with Crippen LogP contribution >= 0.6 is 24.8 Å². The monoisotopic (exact) mass is 331 g/mol. The first-order valence-corrected chi connectivity index (χ1v) is 7.10. The summed E-state index contributed by atoms with van der Waals surface area (Å²) in [6.45, 7) is 4.45. The highest BCUT2D eigenvalue weighted by Crippen LogP contribution is 2.21. The van der Waals surface area contributed by atoms with Crippen molar-refractivity contribution in [2.45, 2.75) is 18.9 Å². The fourth-order valence-electron chi connectivity index (χ4n) is 3.01. The van der Waals surface area contributed by atoms with E-state index in [1.807, 2.05) is 0 Å². The number of nitrogens with one attached hydrogen (secondary N) is 2. The maximum absolute atomic E-state index is 12.0. The molecule has 1 aromatic rings. The second kappa shape index (κ2) is 8.59. The summed E-state index contributed by atoms with van der Waals surface area (Å²) >= 11 is 0. The van der Waals surface area contributed by atoms with Crippen molar-refractivity contribution < 1.29 is 4.79 Å².